The van der Waals surface area contributed by atoms with Crippen molar-refractivity contribution in [1.82, 2.24) is 4.89 Å². The predicted octanol–water partition coefficient (Wildman–Crippen LogP) is 0.265. The van der Waals surface area contributed by atoms with E-state index in [1.807, 2.05) is 0 Å². The smallest absolute Gasteiger partial charge is 0.389 e. The first-order chi connectivity index (χ1) is 7.12. The molecule has 16 heavy (non-hydrogen) atoms. The molecule has 0 unspecified atom stereocenters. The molecule has 0 fully saturated rings. The van der Waals surface area contributed by atoms with Gasteiger partial charge in [0.15, 0.2) is 6.61 Å². The summed E-state index contributed by atoms with van der Waals surface area (Å²) in [4.78, 5) is 15.3. The molecular formula is C6H10F3NO5S. The first kappa shape index (κ1) is 15.1. The molecule has 0 aromatic heterocycles. The van der Waals surface area contributed by atoms with Gasteiger partial charge in [0.1, 0.15) is 0 Å². The van der Waals surface area contributed by atoms with E-state index in [0.29, 0.717) is 0 Å². The van der Waals surface area contributed by atoms with Crippen molar-refractivity contribution in [2.75, 3.05) is 12.4 Å². The topological polar surface area (TPSA) is 92.7 Å². The van der Waals surface area contributed by atoms with E-state index >= 15 is 0 Å². The number of carboxylic acids is 1. The average molecular weight is 265 g/mol. The fraction of sp³-hybridized carbons (Fsp3) is 0.833. The fourth-order valence-electron chi connectivity index (χ4n) is 0.685. The van der Waals surface area contributed by atoms with E-state index in [1.165, 1.54) is 4.89 Å². The number of sulfonamides is 1. The Morgan fingerprint density at radius 2 is 1.94 bits per heavy atom. The van der Waals surface area contributed by atoms with Crippen molar-refractivity contribution in [3.05, 3.63) is 0 Å². The van der Waals surface area contributed by atoms with Crippen molar-refractivity contribution in [3.63, 3.8) is 0 Å². The Bertz CT molecular complexity index is 326. The molecule has 0 aliphatic heterocycles. The van der Waals surface area contributed by atoms with Gasteiger partial charge in [-0.2, -0.15) is 13.2 Å². The molecule has 0 aliphatic rings. The highest BCUT2D eigenvalue weighted by Gasteiger charge is 2.27. The minimum atomic E-state index is -4.42. The van der Waals surface area contributed by atoms with Crippen LogP contribution in [0.4, 0.5) is 13.2 Å². The van der Waals surface area contributed by atoms with Crippen molar-refractivity contribution in [2.45, 2.75) is 19.0 Å². The Kier molecular flexibility index (Phi) is 5.68. The highest BCUT2D eigenvalue weighted by atomic mass is 32.2. The van der Waals surface area contributed by atoms with Gasteiger partial charge < -0.3 is 5.11 Å². The largest absolute Gasteiger partial charge is 0.479 e. The monoisotopic (exact) mass is 265 g/mol. The van der Waals surface area contributed by atoms with Crippen LogP contribution in [-0.2, 0) is 19.7 Å². The first-order valence-electron chi connectivity index (χ1n) is 4.02. The van der Waals surface area contributed by atoms with Gasteiger partial charge in [0.2, 0.25) is 10.0 Å². The normalized spacial score (nSPS) is 12.7. The van der Waals surface area contributed by atoms with E-state index in [0.717, 1.165) is 0 Å². The summed E-state index contributed by atoms with van der Waals surface area (Å²) in [7, 11) is -4.04. The van der Waals surface area contributed by atoms with Crippen LogP contribution in [0.1, 0.15) is 12.8 Å². The van der Waals surface area contributed by atoms with E-state index < -0.39 is 47.4 Å². The number of rotatable bonds is 7. The summed E-state index contributed by atoms with van der Waals surface area (Å²) in [6.45, 7) is -0.904. The SMILES string of the molecule is O=C(O)CONS(=O)(=O)CCCC(F)(F)F. The number of nitrogens with one attached hydrogen (secondary N) is 1. The molecule has 2 N–H and O–H groups in total. The van der Waals surface area contributed by atoms with Gasteiger partial charge >= 0.3 is 12.1 Å². The Labute approximate surface area is 89.4 Å². The van der Waals surface area contributed by atoms with E-state index in [2.05, 4.69) is 4.84 Å². The highest BCUT2D eigenvalue weighted by molar-refractivity contribution is 7.89. The number of aliphatic carboxylic acids is 1. The molecule has 0 aromatic rings. The summed E-state index contributed by atoms with van der Waals surface area (Å²) in [6, 6.07) is 0. The molecule has 6 nitrogen and oxygen atoms in total. The van der Waals surface area contributed by atoms with Gasteiger partial charge in [-0.25, -0.2) is 13.2 Å². The molecule has 0 spiro atoms. The molecule has 0 bridgehead atoms. The minimum Gasteiger partial charge on any atom is -0.479 e. The lowest BCUT2D eigenvalue weighted by molar-refractivity contribution is -0.143. The number of halogens is 3. The van der Waals surface area contributed by atoms with Crippen LogP contribution in [0.2, 0.25) is 0 Å². The molecule has 0 aromatic carbocycles. The van der Waals surface area contributed by atoms with Crippen molar-refractivity contribution in [1.29, 1.82) is 0 Å². The quantitative estimate of drug-likeness (QED) is 0.644. The third kappa shape index (κ3) is 9.68. The molecule has 0 atom stereocenters. The molecule has 0 radical (unpaired) electrons. The second kappa shape index (κ2) is 6.01. The van der Waals surface area contributed by atoms with E-state index in [1.54, 1.807) is 0 Å². The van der Waals surface area contributed by atoms with Crippen LogP contribution < -0.4 is 4.89 Å². The highest BCUT2D eigenvalue weighted by Crippen LogP contribution is 2.21. The van der Waals surface area contributed by atoms with E-state index in [4.69, 9.17) is 5.11 Å². The number of carbonyl (C=O) groups is 1. The summed E-state index contributed by atoms with van der Waals surface area (Å²) in [5.74, 6) is -2.19. The van der Waals surface area contributed by atoms with Crippen LogP contribution in [0, 0.1) is 0 Å². The van der Waals surface area contributed by atoms with Gasteiger partial charge in [0.05, 0.1) is 5.75 Å². The average Bonchev–Trinajstić information content (AvgIpc) is 1.99. The predicted molar refractivity (Wildman–Crippen MR) is 45.8 cm³/mol. The van der Waals surface area contributed by atoms with Crippen LogP contribution >= 0.6 is 0 Å². The van der Waals surface area contributed by atoms with Crippen LogP contribution in [0.15, 0.2) is 0 Å². The number of carboxylic acid groups (broad SMARTS) is 1. The Morgan fingerprint density at radius 3 is 2.38 bits per heavy atom. The summed E-state index contributed by atoms with van der Waals surface area (Å²) >= 11 is 0. The van der Waals surface area contributed by atoms with Gasteiger partial charge in [-0.3, -0.25) is 4.84 Å². The zero-order valence-corrected chi connectivity index (χ0v) is 8.77. The molecule has 0 saturated heterocycles. The molecule has 0 saturated carbocycles. The zero-order chi connectivity index (χ0) is 12.8. The maximum atomic E-state index is 11.7. The molecular weight excluding hydrogens is 255 g/mol. The van der Waals surface area contributed by atoms with Gasteiger partial charge in [0.25, 0.3) is 0 Å². The van der Waals surface area contributed by atoms with Gasteiger partial charge in [-0.15, -0.1) is 0 Å². The van der Waals surface area contributed by atoms with E-state index in [9.17, 15) is 26.4 Å². The molecule has 0 heterocycles. The maximum absolute atomic E-state index is 11.7. The van der Waals surface area contributed by atoms with Crippen LogP contribution in [0.5, 0.6) is 0 Å². The minimum absolute atomic E-state index is 0.616. The lowest BCUT2D eigenvalue weighted by atomic mass is 10.3. The van der Waals surface area contributed by atoms with Crippen LogP contribution in [0.25, 0.3) is 0 Å². The molecule has 0 amide bonds. The second-order valence-corrected chi connectivity index (χ2v) is 4.61. The maximum Gasteiger partial charge on any atom is 0.389 e. The molecule has 0 rings (SSSR count). The summed E-state index contributed by atoms with van der Waals surface area (Å²) in [6.07, 6.45) is -6.26. The summed E-state index contributed by atoms with van der Waals surface area (Å²) < 4.78 is 56.8. The first-order valence-corrected chi connectivity index (χ1v) is 5.67. The summed E-state index contributed by atoms with van der Waals surface area (Å²) in [5, 5.41) is 8.08. The third-order valence-electron chi connectivity index (χ3n) is 1.25. The third-order valence-corrected chi connectivity index (χ3v) is 2.45. The zero-order valence-electron chi connectivity index (χ0n) is 7.95. The van der Waals surface area contributed by atoms with E-state index in [-0.39, 0.29) is 0 Å². The Morgan fingerprint density at radius 1 is 1.38 bits per heavy atom. The number of hydrogen-bond donors (Lipinski definition) is 2. The molecule has 10 heteroatoms. The van der Waals surface area contributed by atoms with Crippen LogP contribution in [-0.4, -0.2) is 38.0 Å². The van der Waals surface area contributed by atoms with Crippen molar-refractivity contribution in [2.24, 2.45) is 0 Å². The number of hydrogen-bond acceptors (Lipinski definition) is 4. The van der Waals surface area contributed by atoms with Crippen LogP contribution in [0.3, 0.4) is 0 Å². The van der Waals surface area contributed by atoms with Gasteiger partial charge in [-0.1, -0.05) is 4.89 Å². The summed E-state index contributed by atoms with van der Waals surface area (Å²) in [5.41, 5.74) is 0. The second-order valence-electron chi connectivity index (χ2n) is 2.80. The Hall–Kier alpha value is -0.870. The van der Waals surface area contributed by atoms with Crippen molar-refractivity contribution in [3.8, 4) is 0 Å². The lowest BCUT2D eigenvalue weighted by Gasteiger charge is -2.07. The standard InChI is InChI=1S/C6H10F3NO5S/c7-6(8,9)2-1-3-16(13,14)10-15-4-5(11)12/h10H,1-4H2,(H,11,12). The lowest BCUT2D eigenvalue weighted by Crippen LogP contribution is -2.29. The van der Waals surface area contributed by atoms with Crippen molar-refractivity contribution >= 4 is 16.0 Å². The fourth-order valence-corrected chi connectivity index (χ4v) is 1.53. The molecule has 0 aliphatic carbocycles. The Balaban J connectivity index is 3.84. The molecule has 96 valence electrons. The van der Waals surface area contributed by atoms with Gasteiger partial charge in [-0.05, 0) is 6.42 Å². The van der Waals surface area contributed by atoms with Crippen molar-refractivity contribution < 1.29 is 36.3 Å². The van der Waals surface area contributed by atoms with Gasteiger partial charge in [0, 0.05) is 6.42 Å². The number of alkyl halides is 3.